The van der Waals surface area contributed by atoms with Crippen LogP contribution in [-0.2, 0) is 16.6 Å². The molecule has 0 unspecified atom stereocenters. The molecule has 2 fully saturated rings. The van der Waals surface area contributed by atoms with Crippen molar-refractivity contribution in [1.29, 1.82) is 0 Å². The zero-order valence-corrected chi connectivity index (χ0v) is 16.5. The molecule has 0 saturated carbocycles. The van der Waals surface area contributed by atoms with Crippen molar-refractivity contribution in [2.75, 3.05) is 45.5 Å². The van der Waals surface area contributed by atoms with Gasteiger partial charge in [0, 0.05) is 38.9 Å². The predicted molar refractivity (Wildman–Crippen MR) is 99.4 cm³/mol. The van der Waals surface area contributed by atoms with Gasteiger partial charge in [-0.1, -0.05) is 6.42 Å². The summed E-state index contributed by atoms with van der Waals surface area (Å²) in [7, 11) is -3.29. The normalized spacial score (nSPS) is 19.7. The molecule has 2 aliphatic rings. The van der Waals surface area contributed by atoms with Gasteiger partial charge in [-0.2, -0.15) is 9.40 Å². The highest BCUT2D eigenvalue weighted by molar-refractivity contribution is 7.88. The van der Waals surface area contributed by atoms with E-state index in [4.69, 9.17) is 0 Å². The standard InChI is InChI=1S/C17H29N5O3S/c1-3-21-16(7-8-18-21)17(23)20-13-15(14-20)22(26(2,24)25)12-11-19-9-5-4-6-10-19/h7-8,15H,3-6,9-14H2,1-2H3. The van der Waals surface area contributed by atoms with Crippen molar-refractivity contribution in [2.24, 2.45) is 0 Å². The third-order valence-electron chi connectivity index (χ3n) is 5.30. The number of amides is 1. The summed E-state index contributed by atoms with van der Waals surface area (Å²) in [6.45, 7) is 6.83. The quantitative estimate of drug-likeness (QED) is 0.684. The fourth-order valence-electron chi connectivity index (χ4n) is 3.77. The number of hydrogen-bond acceptors (Lipinski definition) is 5. The molecule has 1 amide bonds. The van der Waals surface area contributed by atoms with E-state index in [-0.39, 0.29) is 11.9 Å². The molecule has 0 bridgehead atoms. The lowest BCUT2D eigenvalue weighted by Crippen LogP contribution is -2.63. The molecule has 0 aliphatic carbocycles. The first-order chi connectivity index (χ1) is 12.4. The first kappa shape index (κ1) is 19.3. The molecule has 146 valence electrons. The highest BCUT2D eigenvalue weighted by Gasteiger charge is 2.39. The number of carbonyl (C=O) groups is 1. The molecular formula is C17H29N5O3S. The van der Waals surface area contributed by atoms with Crippen LogP contribution < -0.4 is 0 Å². The first-order valence-corrected chi connectivity index (χ1v) is 11.2. The Bertz CT molecular complexity index is 721. The van der Waals surface area contributed by atoms with Crippen molar-refractivity contribution in [1.82, 2.24) is 23.9 Å². The monoisotopic (exact) mass is 383 g/mol. The second-order valence-corrected chi connectivity index (χ2v) is 9.11. The maximum Gasteiger partial charge on any atom is 0.272 e. The van der Waals surface area contributed by atoms with Crippen LogP contribution in [0.3, 0.4) is 0 Å². The smallest absolute Gasteiger partial charge is 0.272 e. The molecule has 2 aliphatic heterocycles. The van der Waals surface area contributed by atoms with Crippen LogP contribution in [0.5, 0.6) is 0 Å². The van der Waals surface area contributed by atoms with Gasteiger partial charge in [-0.15, -0.1) is 0 Å². The summed E-state index contributed by atoms with van der Waals surface area (Å²) in [6.07, 6.45) is 6.53. The molecule has 9 heteroatoms. The first-order valence-electron chi connectivity index (χ1n) is 9.40. The van der Waals surface area contributed by atoms with Crippen molar-refractivity contribution in [2.45, 2.75) is 38.8 Å². The largest absolute Gasteiger partial charge is 0.334 e. The van der Waals surface area contributed by atoms with Crippen LogP contribution in [0.4, 0.5) is 0 Å². The van der Waals surface area contributed by atoms with Gasteiger partial charge in [0.05, 0.1) is 12.3 Å². The van der Waals surface area contributed by atoms with Gasteiger partial charge < -0.3 is 9.80 Å². The van der Waals surface area contributed by atoms with Gasteiger partial charge in [0.15, 0.2) is 0 Å². The molecule has 2 saturated heterocycles. The van der Waals surface area contributed by atoms with E-state index in [2.05, 4.69) is 10.00 Å². The Morgan fingerprint density at radius 2 is 1.96 bits per heavy atom. The molecule has 1 aromatic rings. The molecule has 8 nitrogen and oxygen atoms in total. The molecule has 3 heterocycles. The molecule has 0 spiro atoms. The van der Waals surface area contributed by atoms with E-state index in [0.717, 1.165) is 19.6 Å². The highest BCUT2D eigenvalue weighted by atomic mass is 32.2. The van der Waals surface area contributed by atoms with Crippen molar-refractivity contribution in [3.8, 4) is 0 Å². The lowest BCUT2D eigenvalue weighted by molar-refractivity contribution is 0.0425. The zero-order valence-electron chi connectivity index (χ0n) is 15.7. The van der Waals surface area contributed by atoms with Crippen molar-refractivity contribution in [3.63, 3.8) is 0 Å². The summed E-state index contributed by atoms with van der Waals surface area (Å²) < 4.78 is 27.7. The molecule has 3 rings (SSSR count). The summed E-state index contributed by atoms with van der Waals surface area (Å²) >= 11 is 0. The Morgan fingerprint density at radius 1 is 1.27 bits per heavy atom. The minimum absolute atomic E-state index is 0.0786. The van der Waals surface area contributed by atoms with E-state index in [1.165, 1.54) is 25.5 Å². The SMILES string of the molecule is CCn1nccc1C(=O)N1CC(N(CCN2CCCCC2)S(C)(=O)=O)C1. The average Bonchev–Trinajstić information content (AvgIpc) is 3.04. The topological polar surface area (TPSA) is 78.8 Å². The van der Waals surface area contributed by atoms with Gasteiger partial charge in [-0.3, -0.25) is 9.48 Å². The van der Waals surface area contributed by atoms with Crippen LogP contribution in [0.25, 0.3) is 0 Å². The minimum Gasteiger partial charge on any atom is -0.334 e. The Hall–Kier alpha value is -1.45. The third kappa shape index (κ3) is 4.27. The number of rotatable bonds is 7. The molecule has 1 aromatic heterocycles. The number of likely N-dealkylation sites (tertiary alicyclic amines) is 2. The summed E-state index contributed by atoms with van der Waals surface area (Å²) in [5, 5.41) is 4.13. The van der Waals surface area contributed by atoms with Gasteiger partial charge in [-0.05, 0) is 38.9 Å². The van der Waals surface area contributed by atoms with E-state index in [1.54, 1.807) is 26.2 Å². The highest BCUT2D eigenvalue weighted by Crippen LogP contribution is 2.21. The minimum atomic E-state index is -3.29. The fraction of sp³-hybridized carbons (Fsp3) is 0.765. The van der Waals surface area contributed by atoms with Crippen LogP contribution in [0.1, 0.15) is 36.7 Å². The number of piperidine rings is 1. The fourth-order valence-corrected chi connectivity index (χ4v) is 4.86. The molecular weight excluding hydrogens is 354 g/mol. The Balaban J connectivity index is 1.57. The van der Waals surface area contributed by atoms with Crippen LogP contribution in [0.15, 0.2) is 12.3 Å². The maximum absolute atomic E-state index is 12.6. The van der Waals surface area contributed by atoms with Crippen molar-refractivity contribution in [3.05, 3.63) is 18.0 Å². The van der Waals surface area contributed by atoms with E-state index < -0.39 is 10.0 Å². The summed E-state index contributed by atoms with van der Waals surface area (Å²) in [5.41, 5.74) is 0.560. The summed E-state index contributed by atoms with van der Waals surface area (Å²) in [6, 6.07) is 1.58. The Labute approximate surface area is 155 Å². The number of nitrogens with zero attached hydrogens (tertiary/aromatic N) is 5. The number of aromatic nitrogens is 2. The van der Waals surface area contributed by atoms with Gasteiger partial charge >= 0.3 is 0 Å². The second kappa shape index (κ2) is 8.06. The molecule has 0 N–H and O–H groups in total. The average molecular weight is 384 g/mol. The predicted octanol–water partition coefficient (Wildman–Crippen LogP) is 0.475. The molecule has 26 heavy (non-hydrogen) atoms. The van der Waals surface area contributed by atoms with Crippen molar-refractivity contribution < 1.29 is 13.2 Å². The number of hydrogen-bond donors (Lipinski definition) is 0. The van der Waals surface area contributed by atoms with Crippen molar-refractivity contribution >= 4 is 15.9 Å². The molecule has 0 aromatic carbocycles. The van der Waals surface area contributed by atoms with Gasteiger partial charge in [0.2, 0.25) is 10.0 Å². The molecule has 0 atom stereocenters. The lowest BCUT2D eigenvalue weighted by Gasteiger charge is -2.44. The van der Waals surface area contributed by atoms with Crippen LogP contribution in [0, 0.1) is 0 Å². The lowest BCUT2D eigenvalue weighted by atomic mass is 10.1. The van der Waals surface area contributed by atoms with Gasteiger partial charge in [-0.25, -0.2) is 8.42 Å². The van der Waals surface area contributed by atoms with E-state index in [9.17, 15) is 13.2 Å². The molecule has 0 radical (unpaired) electrons. The summed E-state index contributed by atoms with van der Waals surface area (Å²) in [5.74, 6) is -0.0786. The number of carbonyl (C=O) groups excluding carboxylic acids is 1. The third-order valence-corrected chi connectivity index (χ3v) is 6.64. The number of sulfonamides is 1. The van der Waals surface area contributed by atoms with E-state index in [0.29, 0.717) is 31.9 Å². The van der Waals surface area contributed by atoms with Crippen LogP contribution in [0.2, 0.25) is 0 Å². The Kier molecular flexibility index (Phi) is 5.99. The van der Waals surface area contributed by atoms with Gasteiger partial charge in [0.25, 0.3) is 5.91 Å². The van der Waals surface area contributed by atoms with Crippen LogP contribution in [-0.4, -0.2) is 89.8 Å². The maximum atomic E-state index is 12.6. The second-order valence-electron chi connectivity index (χ2n) is 7.17. The van der Waals surface area contributed by atoms with Crippen LogP contribution >= 0.6 is 0 Å². The van der Waals surface area contributed by atoms with E-state index in [1.807, 2.05) is 6.92 Å². The number of aryl methyl sites for hydroxylation is 1. The Morgan fingerprint density at radius 3 is 2.58 bits per heavy atom. The van der Waals surface area contributed by atoms with Gasteiger partial charge in [0.1, 0.15) is 5.69 Å². The van der Waals surface area contributed by atoms with E-state index >= 15 is 0 Å². The zero-order chi connectivity index (χ0) is 18.7. The summed E-state index contributed by atoms with van der Waals surface area (Å²) in [4.78, 5) is 16.6.